The van der Waals surface area contributed by atoms with E-state index in [2.05, 4.69) is 240 Å². The first-order valence-corrected chi connectivity index (χ1v) is 21.7. The summed E-state index contributed by atoms with van der Waals surface area (Å²) < 4.78 is 6.38. The summed E-state index contributed by atoms with van der Waals surface area (Å²) in [5.41, 5.74) is 15.4. The van der Waals surface area contributed by atoms with Gasteiger partial charge >= 0.3 is 0 Å². The van der Waals surface area contributed by atoms with Gasteiger partial charge < -0.3 is 14.2 Å². The standard InChI is InChI=1S/C58H40N2OS/c1-4-13-44(14-5-1)56-39-40-57(62-56)45-29-37-51(38-30-45)60(47-17-8-3-9-18-47)49-33-25-42(26-34-49)41-23-31-48(32-24-41)59(46-15-6-2-7-16-46)50-35-27-43(28-36-50)52-20-12-21-54-53-19-10-11-22-55(53)61-58(52)54/h1-40H. The average Bonchev–Trinajstić information content (AvgIpc) is 4.00. The van der Waals surface area contributed by atoms with E-state index >= 15 is 0 Å². The fourth-order valence-electron chi connectivity index (χ4n) is 8.44. The van der Waals surface area contributed by atoms with E-state index in [9.17, 15) is 0 Å². The van der Waals surface area contributed by atoms with E-state index in [0.29, 0.717) is 0 Å². The molecule has 0 aliphatic heterocycles. The maximum atomic E-state index is 6.38. The molecule has 0 fully saturated rings. The minimum Gasteiger partial charge on any atom is -0.455 e. The Hall–Kier alpha value is -7.92. The molecule has 9 aromatic carbocycles. The van der Waals surface area contributed by atoms with Crippen LogP contribution in [0.3, 0.4) is 0 Å². The summed E-state index contributed by atoms with van der Waals surface area (Å²) in [5, 5.41) is 2.27. The highest BCUT2D eigenvalue weighted by atomic mass is 32.1. The van der Waals surface area contributed by atoms with Gasteiger partial charge in [0.1, 0.15) is 11.2 Å². The molecule has 0 spiro atoms. The van der Waals surface area contributed by atoms with Crippen molar-refractivity contribution in [1.29, 1.82) is 0 Å². The molecular weight excluding hydrogens is 773 g/mol. The van der Waals surface area contributed by atoms with E-state index in [0.717, 1.165) is 78.3 Å². The third-order valence-corrected chi connectivity index (χ3v) is 12.7. The highest BCUT2D eigenvalue weighted by molar-refractivity contribution is 7.18. The molecule has 2 aromatic heterocycles. The van der Waals surface area contributed by atoms with Gasteiger partial charge in [-0.15, -0.1) is 11.3 Å². The summed E-state index contributed by atoms with van der Waals surface area (Å²) in [7, 11) is 0. The van der Waals surface area contributed by atoms with Crippen LogP contribution in [0.2, 0.25) is 0 Å². The minimum atomic E-state index is 0.907. The highest BCUT2D eigenvalue weighted by Gasteiger charge is 2.17. The van der Waals surface area contributed by atoms with E-state index in [-0.39, 0.29) is 0 Å². The largest absolute Gasteiger partial charge is 0.455 e. The monoisotopic (exact) mass is 812 g/mol. The Labute approximate surface area is 365 Å². The molecular formula is C58H40N2OS. The Morgan fingerprint density at radius 1 is 0.274 bits per heavy atom. The third kappa shape index (κ3) is 7.13. The molecule has 0 atom stereocenters. The lowest BCUT2D eigenvalue weighted by atomic mass is 10.0. The lowest BCUT2D eigenvalue weighted by molar-refractivity contribution is 0.670. The number of benzene rings is 9. The molecule has 0 N–H and O–H groups in total. The van der Waals surface area contributed by atoms with Crippen LogP contribution in [0.15, 0.2) is 247 Å². The van der Waals surface area contributed by atoms with E-state index < -0.39 is 0 Å². The van der Waals surface area contributed by atoms with E-state index in [1.54, 1.807) is 0 Å². The van der Waals surface area contributed by atoms with Crippen molar-refractivity contribution in [3.63, 3.8) is 0 Å². The number of thiophene rings is 1. The van der Waals surface area contributed by atoms with Crippen molar-refractivity contribution in [1.82, 2.24) is 0 Å². The average molecular weight is 813 g/mol. The van der Waals surface area contributed by atoms with Gasteiger partial charge in [0, 0.05) is 60.2 Å². The van der Waals surface area contributed by atoms with Crippen molar-refractivity contribution in [2.24, 2.45) is 0 Å². The maximum Gasteiger partial charge on any atom is 0.143 e. The van der Waals surface area contributed by atoms with Crippen LogP contribution in [0.5, 0.6) is 0 Å². The Kier molecular flexibility index (Phi) is 9.74. The van der Waals surface area contributed by atoms with Gasteiger partial charge in [-0.2, -0.15) is 0 Å². The Bertz CT molecular complexity index is 3250. The summed E-state index contributed by atoms with van der Waals surface area (Å²) >= 11 is 1.83. The maximum absolute atomic E-state index is 6.38. The van der Waals surface area contributed by atoms with Crippen molar-refractivity contribution in [2.45, 2.75) is 0 Å². The minimum absolute atomic E-state index is 0.907. The van der Waals surface area contributed by atoms with Gasteiger partial charge in [0.15, 0.2) is 0 Å². The molecule has 2 heterocycles. The number of anilines is 6. The number of rotatable bonds is 10. The quantitative estimate of drug-likeness (QED) is 0.137. The SMILES string of the molecule is c1ccc(-c2ccc(-c3ccc(N(c4ccccc4)c4ccc(-c5ccc(N(c6ccccc6)c6ccc(-c7cccc8c7oc7ccccc78)cc6)cc5)cc4)cc3)s2)cc1. The summed E-state index contributed by atoms with van der Waals surface area (Å²) in [4.78, 5) is 7.16. The Balaban J connectivity index is 0.865. The molecule has 0 bridgehead atoms. The first-order valence-electron chi connectivity index (χ1n) is 20.9. The zero-order valence-electron chi connectivity index (χ0n) is 33.8. The summed E-state index contributed by atoms with van der Waals surface area (Å²) in [6.07, 6.45) is 0. The first kappa shape index (κ1) is 37.1. The molecule has 0 unspecified atom stereocenters. The molecule has 11 aromatic rings. The second-order valence-electron chi connectivity index (χ2n) is 15.3. The van der Waals surface area contributed by atoms with Crippen LogP contribution in [0, 0.1) is 0 Å². The number of nitrogens with zero attached hydrogens (tertiary/aromatic N) is 2. The summed E-state index contributed by atoms with van der Waals surface area (Å²) in [6.45, 7) is 0. The van der Waals surface area contributed by atoms with Gasteiger partial charge in [-0.05, 0) is 119 Å². The zero-order valence-corrected chi connectivity index (χ0v) is 34.6. The first-order chi connectivity index (χ1) is 30.7. The molecule has 294 valence electrons. The third-order valence-electron chi connectivity index (χ3n) is 11.5. The molecule has 0 amide bonds. The van der Waals surface area contributed by atoms with Crippen LogP contribution in [0.25, 0.3) is 65.1 Å². The van der Waals surface area contributed by atoms with Gasteiger partial charge in [-0.1, -0.05) is 152 Å². The number of fused-ring (bicyclic) bond motifs is 3. The predicted molar refractivity (Wildman–Crippen MR) is 263 cm³/mol. The van der Waals surface area contributed by atoms with Crippen LogP contribution in [-0.4, -0.2) is 0 Å². The molecule has 0 aliphatic carbocycles. The van der Waals surface area contributed by atoms with E-state index in [1.807, 2.05) is 23.5 Å². The normalized spacial score (nSPS) is 11.2. The zero-order chi connectivity index (χ0) is 41.2. The van der Waals surface area contributed by atoms with Crippen molar-refractivity contribution < 1.29 is 4.42 Å². The van der Waals surface area contributed by atoms with Crippen LogP contribution >= 0.6 is 11.3 Å². The molecule has 0 saturated carbocycles. The molecule has 0 radical (unpaired) electrons. The van der Waals surface area contributed by atoms with Gasteiger partial charge in [-0.25, -0.2) is 0 Å². The smallest absolute Gasteiger partial charge is 0.143 e. The number of para-hydroxylation sites is 4. The van der Waals surface area contributed by atoms with E-state index in [4.69, 9.17) is 4.42 Å². The second-order valence-corrected chi connectivity index (χ2v) is 16.4. The van der Waals surface area contributed by atoms with Crippen molar-refractivity contribution in [2.75, 3.05) is 9.80 Å². The molecule has 3 nitrogen and oxygen atoms in total. The van der Waals surface area contributed by atoms with Crippen LogP contribution in [0.4, 0.5) is 34.1 Å². The van der Waals surface area contributed by atoms with Crippen LogP contribution < -0.4 is 9.80 Å². The van der Waals surface area contributed by atoms with Crippen molar-refractivity contribution >= 4 is 67.4 Å². The van der Waals surface area contributed by atoms with Gasteiger partial charge in [-0.3, -0.25) is 0 Å². The molecule has 0 aliphatic rings. The molecule has 11 rings (SSSR count). The van der Waals surface area contributed by atoms with Crippen LogP contribution in [-0.2, 0) is 0 Å². The second kappa shape index (κ2) is 16.3. The Morgan fingerprint density at radius 2 is 0.661 bits per heavy atom. The Morgan fingerprint density at radius 3 is 1.18 bits per heavy atom. The lowest BCUT2D eigenvalue weighted by Crippen LogP contribution is -2.10. The highest BCUT2D eigenvalue weighted by Crippen LogP contribution is 2.41. The lowest BCUT2D eigenvalue weighted by Gasteiger charge is -2.26. The van der Waals surface area contributed by atoms with Gasteiger partial charge in [0.2, 0.25) is 0 Å². The van der Waals surface area contributed by atoms with Gasteiger partial charge in [0.05, 0.1) is 0 Å². The fourth-order valence-corrected chi connectivity index (χ4v) is 9.46. The fraction of sp³-hybridized carbons (Fsp3) is 0. The number of hydrogen-bond donors (Lipinski definition) is 0. The van der Waals surface area contributed by atoms with Crippen molar-refractivity contribution in [3.8, 4) is 43.1 Å². The molecule has 62 heavy (non-hydrogen) atoms. The van der Waals surface area contributed by atoms with Crippen LogP contribution in [0.1, 0.15) is 0 Å². The number of hydrogen-bond acceptors (Lipinski definition) is 4. The topological polar surface area (TPSA) is 19.6 Å². The van der Waals surface area contributed by atoms with Gasteiger partial charge in [0.25, 0.3) is 0 Å². The molecule has 4 heteroatoms. The predicted octanol–water partition coefficient (Wildman–Crippen LogP) is 17.3. The number of furan rings is 1. The summed E-state index contributed by atoms with van der Waals surface area (Å²) in [6, 6.07) is 86.3. The summed E-state index contributed by atoms with van der Waals surface area (Å²) in [5.74, 6) is 0. The van der Waals surface area contributed by atoms with Crippen molar-refractivity contribution in [3.05, 3.63) is 243 Å². The molecule has 0 saturated heterocycles. The van der Waals surface area contributed by atoms with E-state index in [1.165, 1.54) is 20.9 Å².